The second-order valence-electron chi connectivity index (χ2n) is 7.17. The first-order valence-electron chi connectivity index (χ1n) is 9.83. The molecule has 0 unspecified atom stereocenters. The van der Waals surface area contributed by atoms with Crippen LogP contribution < -0.4 is 21.3 Å². The second-order valence-corrected chi connectivity index (χ2v) is 7.17. The van der Waals surface area contributed by atoms with Gasteiger partial charge in [-0.15, -0.1) is 0 Å². The molecule has 0 spiro atoms. The average Bonchev–Trinajstić information content (AvgIpc) is 2.75. The highest BCUT2D eigenvalue weighted by Crippen LogP contribution is 2.27. The third-order valence-corrected chi connectivity index (χ3v) is 5.02. The highest BCUT2D eigenvalue weighted by Gasteiger charge is 2.29. The molecule has 0 bridgehead atoms. The maximum atomic E-state index is 11.9. The number of rotatable bonds is 6. The van der Waals surface area contributed by atoms with Crippen molar-refractivity contribution in [3.8, 4) is 17.9 Å². The number of carbonyl (C=O) groups is 1. The molecule has 1 aliphatic rings. The van der Waals surface area contributed by atoms with Crippen LogP contribution in [0.4, 0.5) is 17.5 Å². The molecule has 0 saturated heterocycles. The van der Waals surface area contributed by atoms with Gasteiger partial charge in [-0.2, -0.15) is 10.2 Å². The first-order valence-corrected chi connectivity index (χ1v) is 9.83. The third-order valence-electron chi connectivity index (χ3n) is 5.02. The van der Waals surface area contributed by atoms with Crippen molar-refractivity contribution in [2.75, 3.05) is 24.7 Å². The van der Waals surface area contributed by atoms with Crippen molar-refractivity contribution in [1.29, 1.82) is 5.26 Å². The Morgan fingerprint density at radius 3 is 2.60 bits per heavy atom. The van der Waals surface area contributed by atoms with E-state index in [1.54, 1.807) is 44.6 Å². The minimum Gasteiger partial charge on any atom is -0.372 e. The van der Waals surface area contributed by atoms with E-state index >= 15 is 0 Å². The molecule has 2 aromatic rings. The van der Waals surface area contributed by atoms with Crippen LogP contribution in [0, 0.1) is 29.1 Å². The topological polar surface area (TPSA) is 115 Å². The molecule has 8 nitrogen and oxygen atoms in total. The molecule has 1 heterocycles. The van der Waals surface area contributed by atoms with Gasteiger partial charge in [-0.05, 0) is 51.1 Å². The number of amides is 1. The molecular weight excluding hydrogens is 378 g/mol. The Kier molecular flexibility index (Phi) is 6.84. The van der Waals surface area contributed by atoms with E-state index in [9.17, 15) is 4.79 Å². The standard InChI is InChI=1S/C22H25N7O/c1-14(24-2)21(30)27-19-10-16(11-19)4-7-17-13-26-22(29-20(17)25-3)28-18-8-5-15(12-23)6-9-18/h5-6,8-9,13-14,16,19,24H,10-11H2,1-3H3,(H,27,30)(H2,25,26,28,29)/t14-,16?,19?/m0/s1. The minimum absolute atomic E-state index is 0.0186. The van der Waals surface area contributed by atoms with Gasteiger partial charge in [0, 0.05) is 24.7 Å². The predicted molar refractivity (Wildman–Crippen MR) is 116 cm³/mol. The van der Waals surface area contributed by atoms with Gasteiger partial charge in [-0.25, -0.2) is 4.98 Å². The maximum absolute atomic E-state index is 11.9. The second kappa shape index (κ2) is 9.73. The Bertz CT molecular complexity index is 995. The maximum Gasteiger partial charge on any atom is 0.237 e. The van der Waals surface area contributed by atoms with Crippen molar-refractivity contribution in [2.24, 2.45) is 5.92 Å². The molecule has 1 fully saturated rings. The zero-order valence-corrected chi connectivity index (χ0v) is 17.3. The van der Waals surface area contributed by atoms with Gasteiger partial charge < -0.3 is 21.3 Å². The van der Waals surface area contributed by atoms with Crippen molar-refractivity contribution < 1.29 is 4.79 Å². The van der Waals surface area contributed by atoms with Crippen molar-refractivity contribution in [2.45, 2.75) is 31.8 Å². The highest BCUT2D eigenvalue weighted by atomic mass is 16.2. The van der Waals surface area contributed by atoms with E-state index in [2.05, 4.69) is 49.1 Å². The molecule has 0 radical (unpaired) electrons. The molecule has 8 heteroatoms. The van der Waals surface area contributed by atoms with Gasteiger partial charge in [0.25, 0.3) is 0 Å². The summed E-state index contributed by atoms with van der Waals surface area (Å²) in [4.78, 5) is 20.7. The van der Waals surface area contributed by atoms with Crippen LogP contribution in [-0.4, -0.2) is 42.1 Å². The van der Waals surface area contributed by atoms with E-state index in [0.717, 1.165) is 24.1 Å². The van der Waals surface area contributed by atoms with Crippen molar-refractivity contribution in [3.63, 3.8) is 0 Å². The number of likely N-dealkylation sites (N-methyl/N-ethyl adjacent to an activating group) is 1. The zero-order valence-electron chi connectivity index (χ0n) is 17.3. The fourth-order valence-corrected chi connectivity index (χ4v) is 2.97. The van der Waals surface area contributed by atoms with Gasteiger partial charge in [-0.1, -0.05) is 11.8 Å². The van der Waals surface area contributed by atoms with Crippen LogP contribution in [0.1, 0.15) is 30.9 Å². The predicted octanol–water partition coefficient (Wildman–Crippen LogP) is 1.99. The molecule has 30 heavy (non-hydrogen) atoms. The Morgan fingerprint density at radius 1 is 1.23 bits per heavy atom. The van der Waals surface area contributed by atoms with Crippen molar-refractivity contribution in [1.82, 2.24) is 20.6 Å². The molecule has 1 atom stereocenters. The summed E-state index contributed by atoms with van der Waals surface area (Å²) in [5.41, 5.74) is 2.11. The van der Waals surface area contributed by atoms with E-state index in [1.807, 2.05) is 6.92 Å². The first-order chi connectivity index (χ1) is 14.5. The van der Waals surface area contributed by atoms with Crippen LogP contribution in [0.25, 0.3) is 0 Å². The van der Waals surface area contributed by atoms with Gasteiger partial charge in [0.05, 0.1) is 29.4 Å². The van der Waals surface area contributed by atoms with E-state index in [-0.39, 0.29) is 23.9 Å². The Hall–Kier alpha value is -3.62. The van der Waals surface area contributed by atoms with Crippen molar-refractivity contribution in [3.05, 3.63) is 41.6 Å². The Morgan fingerprint density at radius 2 is 1.97 bits per heavy atom. The molecule has 1 aliphatic carbocycles. The van der Waals surface area contributed by atoms with Gasteiger partial charge in [0.1, 0.15) is 5.82 Å². The lowest BCUT2D eigenvalue weighted by molar-refractivity contribution is -0.124. The number of anilines is 3. The fourth-order valence-electron chi connectivity index (χ4n) is 2.97. The molecule has 1 saturated carbocycles. The number of carbonyl (C=O) groups excluding carboxylic acids is 1. The van der Waals surface area contributed by atoms with Gasteiger partial charge in [0.2, 0.25) is 11.9 Å². The molecule has 1 aromatic carbocycles. The van der Waals surface area contributed by atoms with Crippen LogP contribution in [0.3, 0.4) is 0 Å². The van der Waals surface area contributed by atoms with Crippen molar-refractivity contribution >= 4 is 23.4 Å². The molecule has 0 aliphatic heterocycles. The lowest BCUT2D eigenvalue weighted by atomic mass is 9.80. The summed E-state index contributed by atoms with van der Waals surface area (Å²) in [6.45, 7) is 1.84. The van der Waals surface area contributed by atoms with Gasteiger partial charge in [-0.3, -0.25) is 4.79 Å². The number of hydrogen-bond acceptors (Lipinski definition) is 7. The number of hydrogen-bond donors (Lipinski definition) is 4. The molecule has 154 valence electrons. The number of nitriles is 1. The fraction of sp³-hybridized carbons (Fsp3) is 0.364. The summed E-state index contributed by atoms with van der Waals surface area (Å²) in [5.74, 6) is 7.76. The number of nitrogens with one attached hydrogen (secondary N) is 4. The molecule has 4 N–H and O–H groups in total. The summed E-state index contributed by atoms with van der Waals surface area (Å²) in [5, 5.41) is 21.0. The number of nitrogens with zero attached hydrogens (tertiary/aromatic N) is 3. The van der Waals surface area contributed by atoms with Crippen LogP contribution in [0.5, 0.6) is 0 Å². The minimum atomic E-state index is -0.193. The molecule has 3 rings (SSSR count). The Labute approximate surface area is 176 Å². The third kappa shape index (κ3) is 5.25. The highest BCUT2D eigenvalue weighted by molar-refractivity contribution is 5.81. The molecule has 1 aromatic heterocycles. The van der Waals surface area contributed by atoms with E-state index in [1.165, 1.54) is 0 Å². The summed E-state index contributed by atoms with van der Waals surface area (Å²) in [7, 11) is 3.56. The van der Waals surface area contributed by atoms with Crippen LogP contribution in [-0.2, 0) is 4.79 Å². The molecule has 1 amide bonds. The van der Waals surface area contributed by atoms with E-state index in [0.29, 0.717) is 17.3 Å². The van der Waals surface area contributed by atoms with Gasteiger partial charge in [0.15, 0.2) is 0 Å². The summed E-state index contributed by atoms with van der Waals surface area (Å²) in [6.07, 6.45) is 3.39. The normalized spacial score (nSPS) is 18.1. The number of benzene rings is 1. The summed E-state index contributed by atoms with van der Waals surface area (Å²) < 4.78 is 0. The van der Waals surface area contributed by atoms with Crippen LogP contribution in [0.15, 0.2) is 30.5 Å². The average molecular weight is 403 g/mol. The van der Waals surface area contributed by atoms with Crippen LogP contribution >= 0.6 is 0 Å². The Balaban J connectivity index is 1.59. The van der Waals surface area contributed by atoms with E-state index < -0.39 is 0 Å². The lowest BCUT2D eigenvalue weighted by Crippen LogP contribution is -2.49. The quantitative estimate of drug-likeness (QED) is 0.545. The van der Waals surface area contributed by atoms with Gasteiger partial charge >= 0.3 is 0 Å². The summed E-state index contributed by atoms with van der Waals surface area (Å²) >= 11 is 0. The largest absolute Gasteiger partial charge is 0.372 e. The summed E-state index contributed by atoms with van der Waals surface area (Å²) in [6, 6.07) is 9.15. The SMILES string of the molecule is CNc1nc(Nc2ccc(C#N)cc2)ncc1C#CC1CC(NC(=O)[C@H](C)NC)C1. The zero-order chi connectivity index (χ0) is 21.5. The molecular formula is C22H25N7O. The van der Waals surface area contributed by atoms with Crippen LogP contribution in [0.2, 0.25) is 0 Å². The lowest BCUT2D eigenvalue weighted by Gasteiger charge is -2.33. The van der Waals surface area contributed by atoms with E-state index in [4.69, 9.17) is 5.26 Å². The number of aromatic nitrogens is 2. The smallest absolute Gasteiger partial charge is 0.237 e. The first kappa shape index (κ1) is 21.1. The monoisotopic (exact) mass is 403 g/mol.